The summed E-state index contributed by atoms with van der Waals surface area (Å²) in [7, 11) is 0. The highest BCUT2D eigenvalue weighted by molar-refractivity contribution is 6.01. The second kappa shape index (κ2) is 8.53. The van der Waals surface area contributed by atoms with Gasteiger partial charge in [0.05, 0.1) is 46.9 Å². The molecule has 2 fully saturated rings. The van der Waals surface area contributed by atoms with Gasteiger partial charge >= 0.3 is 0 Å². The standard InChI is InChI=1S/C23H21F2N7O/c1-13(29-19-8-18(25)17(24)7-16(19)23(33)32-5-2-6-32)21-22(30-15-9-26-12-27-10-15)28-11-20(31-21)14-3-4-14/h7-12,14,29H,1-6H2,(H,28,30). The number of anilines is 3. The van der Waals surface area contributed by atoms with E-state index in [2.05, 4.69) is 32.2 Å². The number of nitrogens with zero attached hydrogens (tertiary/aromatic N) is 5. The molecule has 0 radical (unpaired) electrons. The van der Waals surface area contributed by atoms with E-state index in [1.807, 2.05) is 0 Å². The van der Waals surface area contributed by atoms with Crippen molar-refractivity contribution in [3.8, 4) is 0 Å². The van der Waals surface area contributed by atoms with Gasteiger partial charge in [0, 0.05) is 25.1 Å². The zero-order valence-corrected chi connectivity index (χ0v) is 17.7. The third-order valence-corrected chi connectivity index (χ3v) is 5.62. The summed E-state index contributed by atoms with van der Waals surface area (Å²) in [6.07, 6.45) is 9.24. The van der Waals surface area contributed by atoms with Crippen LogP contribution in [0, 0.1) is 11.6 Å². The van der Waals surface area contributed by atoms with Gasteiger partial charge in [-0.1, -0.05) is 6.58 Å². The fourth-order valence-corrected chi connectivity index (χ4v) is 3.52. The Kier molecular flexibility index (Phi) is 5.41. The van der Waals surface area contributed by atoms with Crippen molar-refractivity contribution in [3.63, 3.8) is 0 Å². The summed E-state index contributed by atoms with van der Waals surface area (Å²) in [5.41, 5.74) is 2.25. The Morgan fingerprint density at radius 2 is 1.82 bits per heavy atom. The molecule has 5 rings (SSSR count). The minimum absolute atomic E-state index is 0.0343. The lowest BCUT2D eigenvalue weighted by molar-refractivity contribution is 0.0652. The van der Waals surface area contributed by atoms with Crippen LogP contribution < -0.4 is 10.6 Å². The number of hydrogen-bond donors (Lipinski definition) is 2. The second-order valence-electron chi connectivity index (χ2n) is 8.08. The van der Waals surface area contributed by atoms with Crippen LogP contribution in [0.4, 0.5) is 26.0 Å². The zero-order valence-electron chi connectivity index (χ0n) is 17.7. The summed E-state index contributed by atoms with van der Waals surface area (Å²) in [4.78, 5) is 31.6. The molecule has 3 heterocycles. The Hall–Kier alpha value is -3.95. The maximum atomic E-state index is 14.1. The van der Waals surface area contributed by atoms with Crippen LogP contribution in [0.25, 0.3) is 5.70 Å². The number of likely N-dealkylation sites (tertiary alicyclic amines) is 1. The first kappa shape index (κ1) is 20.9. The first-order chi connectivity index (χ1) is 16.0. The molecule has 8 nitrogen and oxygen atoms in total. The normalized spacial score (nSPS) is 15.0. The van der Waals surface area contributed by atoms with Gasteiger partial charge in [0.25, 0.3) is 5.91 Å². The average molecular weight is 449 g/mol. The van der Waals surface area contributed by atoms with E-state index in [-0.39, 0.29) is 22.9 Å². The van der Waals surface area contributed by atoms with Crippen molar-refractivity contribution in [3.05, 3.63) is 72.2 Å². The van der Waals surface area contributed by atoms with Crippen LogP contribution in [-0.2, 0) is 0 Å². The van der Waals surface area contributed by atoms with Gasteiger partial charge in [-0.15, -0.1) is 0 Å². The van der Waals surface area contributed by atoms with E-state index in [1.165, 1.54) is 6.33 Å². The topological polar surface area (TPSA) is 95.9 Å². The first-order valence-corrected chi connectivity index (χ1v) is 10.6. The predicted molar refractivity (Wildman–Crippen MR) is 119 cm³/mol. The zero-order chi connectivity index (χ0) is 22.9. The van der Waals surface area contributed by atoms with Crippen molar-refractivity contribution in [2.75, 3.05) is 23.7 Å². The Labute approximate surface area is 188 Å². The number of carbonyl (C=O) groups is 1. The molecule has 1 aromatic carbocycles. The third-order valence-electron chi connectivity index (χ3n) is 5.62. The highest BCUT2D eigenvalue weighted by Crippen LogP contribution is 2.40. The summed E-state index contributed by atoms with van der Waals surface area (Å²) >= 11 is 0. The summed E-state index contributed by atoms with van der Waals surface area (Å²) in [6.45, 7) is 5.22. The Bertz CT molecular complexity index is 1230. The maximum Gasteiger partial charge on any atom is 0.256 e. The van der Waals surface area contributed by atoms with Gasteiger partial charge < -0.3 is 15.5 Å². The van der Waals surface area contributed by atoms with Crippen molar-refractivity contribution in [1.29, 1.82) is 0 Å². The van der Waals surface area contributed by atoms with Crippen molar-refractivity contribution in [2.24, 2.45) is 0 Å². The summed E-state index contributed by atoms with van der Waals surface area (Å²) in [5, 5.41) is 6.08. The van der Waals surface area contributed by atoms with Gasteiger partial charge in [-0.3, -0.25) is 4.79 Å². The first-order valence-electron chi connectivity index (χ1n) is 10.6. The lowest BCUT2D eigenvalue weighted by Gasteiger charge is -2.31. The number of benzene rings is 1. The minimum atomic E-state index is -1.09. The Morgan fingerprint density at radius 1 is 1.09 bits per heavy atom. The van der Waals surface area contributed by atoms with Crippen LogP contribution in [0.2, 0.25) is 0 Å². The average Bonchev–Trinajstić information content (AvgIpc) is 3.61. The molecule has 2 aliphatic rings. The SMILES string of the molecule is C=C(Nc1cc(F)c(F)cc1C(=O)N1CCC1)c1nc(C2CC2)cnc1Nc1cncnc1. The molecule has 1 saturated heterocycles. The molecule has 0 spiro atoms. The van der Waals surface area contributed by atoms with E-state index in [4.69, 9.17) is 4.98 Å². The van der Waals surface area contributed by atoms with E-state index in [1.54, 1.807) is 23.5 Å². The summed E-state index contributed by atoms with van der Waals surface area (Å²) < 4.78 is 28.1. The van der Waals surface area contributed by atoms with Crippen LogP contribution in [-0.4, -0.2) is 43.8 Å². The largest absolute Gasteiger partial charge is 0.353 e. The molecule has 0 atom stereocenters. The van der Waals surface area contributed by atoms with Gasteiger partial charge in [-0.2, -0.15) is 0 Å². The van der Waals surface area contributed by atoms with Crippen LogP contribution in [0.3, 0.4) is 0 Å². The predicted octanol–water partition coefficient (Wildman–Crippen LogP) is 4.09. The fourth-order valence-electron chi connectivity index (χ4n) is 3.52. The van der Waals surface area contributed by atoms with Crippen molar-refractivity contribution < 1.29 is 13.6 Å². The van der Waals surface area contributed by atoms with E-state index in [0.717, 1.165) is 37.1 Å². The van der Waals surface area contributed by atoms with E-state index in [9.17, 15) is 13.6 Å². The lowest BCUT2D eigenvalue weighted by Crippen LogP contribution is -2.42. The Balaban J connectivity index is 1.48. The molecule has 10 heteroatoms. The number of carbonyl (C=O) groups excluding carboxylic acids is 1. The van der Waals surface area contributed by atoms with Gasteiger partial charge in [0.15, 0.2) is 17.5 Å². The minimum Gasteiger partial charge on any atom is -0.353 e. The van der Waals surface area contributed by atoms with Crippen molar-refractivity contribution >= 4 is 28.8 Å². The lowest BCUT2D eigenvalue weighted by atomic mass is 10.1. The van der Waals surface area contributed by atoms with Crippen molar-refractivity contribution in [2.45, 2.75) is 25.2 Å². The second-order valence-corrected chi connectivity index (χ2v) is 8.08. The van der Waals surface area contributed by atoms with Crippen molar-refractivity contribution in [1.82, 2.24) is 24.8 Å². The van der Waals surface area contributed by atoms with Gasteiger partial charge in [0.2, 0.25) is 0 Å². The fraction of sp³-hybridized carbons (Fsp3) is 0.261. The van der Waals surface area contributed by atoms with E-state index >= 15 is 0 Å². The molecular weight excluding hydrogens is 428 g/mol. The molecule has 2 N–H and O–H groups in total. The van der Waals surface area contributed by atoms with Crippen LogP contribution >= 0.6 is 0 Å². The maximum absolute atomic E-state index is 14.1. The summed E-state index contributed by atoms with van der Waals surface area (Å²) in [6, 6.07) is 1.88. The molecule has 0 unspecified atom stereocenters. The highest BCUT2D eigenvalue weighted by atomic mass is 19.2. The number of rotatable bonds is 7. The number of hydrogen-bond acceptors (Lipinski definition) is 7. The van der Waals surface area contributed by atoms with Crippen LogP contribution in [0.5, 0.6) is 0 Å². The number of amides is 1. The quantitative estimate of drug-likeness (QED) is 0.561. The molecule has 33 heavy (non-hydrogen) atoms. The monoisotopic (exact) mass is 449 g/mol. The molecule has 3 aromatic rings. The van der Waals surface area contributed by atoms with E-state index in [0.29, 0.717) is 36.2 Å². The number of nitrogens with one attached hydrogen (secondary N) is 2. The number of aromatic nitrogens is 4. The van der Waals surface area contributed by atoms with Crippen LogP contribution in [0.1, 0.15) is 46.9 Å². The Morgan fingerprint density at radius 3 is 2.48 bits per heavy atom. The molecule has 168 valence electrons. The van der Waals surface area contributed by atoms with E-state index < -0.39 is 11.6 Å². The summed E-state index contributed by atoms with van der Waals surface area (Å²) in [5.74, 6) is -1.79. The van der Waals surface area contributed by atoms with Gasteiger partial charge in [-0.25, -0.2) is 28.7 Å². The highest BCUT2D eigenvalue weighted by Gasteiger charge is 2.28. The molecule has 1 saturated carbocycles. The number of halogens is 2. The van der Waals surface area contributed by atoms with Gasteiger partial charge in [-0.05, 0) is 25.3 Å². The molecular formula is C23H21F2N7O. The van der Waals surface area contributed by atoms with Gasteiger partial charge in [0.1, 0.15) is 12.0 Å². The molecule has 2 aromatic heterocycles. The van der Waals surface area contributed by atoms with Crippen LogP contribution in [0.15, 0.2) is 43.6 Å². The molecule has 0 bridgehead atoms. The smallest absolute Gasteiger partial charge is 0.256 e. The molecule has 1 amide bonds. The molecule has 1 aliphatic heterocycles. The third kappa shape index (κ3) is 4.36. The molecule has 1 aliphatic carbocycles.